The molecule has 1 spiro atoms. The van der Waals surface area contributed by atoms with E-state index in [1.807, 2.05) is 25.5 Å². The van der Waals surface area contributed by atoms with Crippen molar-refractivity contribution in [1.82, 2.24) is 19.4 Å². The van der Waals surface area contributed by atoms with Gasteiger partial charge in [0.2, 0.25) is 5.95 Å². The van der Waals surface area contributed by atoms with Crippen molar-refractivity contribution in [2.24, 2.45) is 5.41 Å². The third kappa shape index (κ3) is 3.50. The lowest BCUT2D eigenvalue weighted by Crippen LogP contribution is -2.41. The first-order valence-electron chi connectivity index (χ1n) is 10.2. The van der Waals surface area contributed by atoms with Crippen LogP contribution in [0.2, 0.25) is 5.02 Å². The van der Waals surface area contributed by atoms with Crippen LogP contribution in [0.3, 0.4) is 0 Å². The van der Waals surface area contributed by atoms with Crippen LogP contribution in [0.1, 0.15) is 31.9 Å². The number of nitrogens with two attached hydrogens (primary N) is 1. The number of nitrogens with zero attached hydrogens (tertiary/aromatic N) is 5. The molecule has 2 saturated heterocycles. The van der Waals surface area contributed by atoms with E-state index in [-0.39, 0.29) is 0 Å². The van der Waals surface area contributed by atoms with Crippen LogP contribution in [-0.4, -0.2) is 45.2 Å². The number of ether oxygens (including phenoxy) is 1. The Bertz CT molecular complexity index is 1090. The number of hydrogen-bond donors (Lipinski definition) is 1. The first kappa shape index (κ1) is 19.9. The van der Waals surface area contributed by atoms with Gasteiger partial charge < -0.3 is 15.4 Å². The van der Waals surface area contributed by atoms with Crippen molar-refractivity contribution in [2.75, 3.05) is 30.3 Å². The maximum absolute atomic E-state index is 6.46. The second-order valence-electron chi connectivity index (χ2n) is 8.40. The van der Waals surface area contributed by atoms with Gasteiger partial charge in [0.25, 0.3) is 0 Å². The third-order valence-corrected chi connectivity index (χ3v) is 7.84. The molecule has 9 heteroatoms. The molecule has 0 amide bonds. The van der Waals surface area contributed by atoms with Gasteiger partial charge in [-0.15, -0.1) is 0 Å². The monoisotopic (exact) mass is 444 g/mol. The van der Waals surface area contributed by atoms with Crippen molar-refractivity contribution < 1.29 is 4.74 Å². The van der Waals surface area contributed by atoms with E-state index in [1.165, 1.54) is 18.2 Å². The molecule has 0 aromatic carbocycles. The van der Waals surface area contributed by atoms with Crippen molar-refractivity contribution in [2.45, 2.75) is 49.0 Å². The van der Waals surface area contributed by atoms with Gasteiger partial charge in [0.15, 0.2) is 5.65 Å². The molecule has 3 aromatic heterocycles. The zero-order chi connectivity index (χ0) is 20.9. The van der Waals surface area contributed by atoms with Gasteiger partial charge in [0.05, 0.1) is 28.3 Å². The number of pyridine rings is 1. The molecule has 7 nitrogen and oxygen atoms in total. The van der Waals surface area contributed by atoms with Gasteiger partial charge in [-0.3, -0.25) is 4.40 Å². The Morgan fingerprint density at radius 1 is 1.27 bits per heavy atom. The number of rotatable bonds is 3. The first-order chi connectivity index (χ1) is 14.4. The number of aryl methyl sites for hydroxylation is 1. The standard InChI is InChI=1S/C21H25ClN6OS/c1-13-10-21(12-29-13)3-6-27(7-4-21)20-25-11-16(19-24-5-8-28(19)20)30-15-9-17(23)26-14(2)18(15)22/h5,8-9,11,13H,3-4,6-7,10,12H2,1-2H3,(H2,23,26)/t13-/m0/s1. The highest BCUT2D eigenvalue weighted by Crippen LogP contribution is 2.43. The van der Waals surface area contributed by atoms with Crippen LogP contribution < -0.4 is 10.6 Å². The molecular formula is C21H25ClN6OS. The van der Waals surface area contributed by atoms with Gasteiger partial charge >= 0.3 is 0 Å². The van der Waals surface area contributed by atoms with E-state index in [1.54, 1.807) is 6.07 Å². The molecule has 0 radical (unpaired) electrons. The number of aromatic nitrogens is 4. The molecule has 2 N–H and O–H groups in total. The molecule has 0 unspecified atom stereocenters. The Morgan fingerprint density at radius 2 is 2.07 bits per heavy atom. The van der Waals surface area contributed by atoms with Crippen molar-refractivity contribution in [1.29, 1.82) is 0 Å². The molecule has 5 heterocycles. The average molecular weight is 445 g/mol. The summed E-state index contributed by atoms with van der Waals surface area (Å²) in [6.07, 6.45) is 9.49. The highest BCUT2D eigenvalue weighted by molar-refractivity contribution is 7.99. The zero-order valence-corrected chi connectivity index (χ0v) is 18.7. The van der Waals surface area contributed by atoms with Gasteiger partial charge in [-0.25, -0.2) is 15.0 Å². The van der Waals surface area contributed by atoms with Crippen LogP contribution in [0.4, 0.5) is 11.8 Å². The summed E-state index contributed by atoms with van der Waals surface area (Å²) in [5.41, 5.74) is 7.85. The summed E-state index contributed by atoms with van der Waals surface area (Å²) >= 11 is 7.97. The quantitative estimate of drug-likeness (QED) is 0.647. The molecule has 0 bridgehead atoms. The minimum atomic E-state index is 0.343. The molecule has 1 atom stereocenters. The van der Waals surface area contributed by atoms with Gasteiger partial charge in [-0.1, -0.05) is 23.4 Å². The van der Waals surface area contributed by atoms with E-state index in [9.17, 15) is 0 Å². The predicted molar refractivity (Wildman–Crippen MR) is 119 cm³/mol. The number of imidazole rings is 1. The van der Waals surface area contributed by atoms with E-state index >= 15 is 0 Å². The SMILES string of the molecule is Cc1nc(N)cc(Sc2cnc(N3CCC4(CC3)CO[C@@H](C)C4)n3ccnc23)c1Cl. The van der Waals surface area contributed by atoms with E-state index in [4.69, 9.17) is 27.1 Å². The number of fused-ring (bicyclic) bond motifs is 1. The average Bonchev–Trinajstić information content (AvgIpc) is 3.34. The molecule has 30 heavy (non-hydrogen) atoms. The fourth-order valence-corrected chi connectivity index (χ4v) is 5.82. The van der Waals surface area contributed by atoms with Crippen LogP contribution >= 0.6 is 23.4 Å². The smallest absolute Gasteiger partial charge is 0.211 e. The second kappa shape index (κ2) is 7.59. The van der Waals surface area contributed by atoms with Gasteiger partial charge in [0, 0.05) is 36.6 Å². The largest absolute Gasteiger partial charge is 0.384 e. The number of anilines is 2. The lowest BCUT2D eigenvalue weighted by Gasteiger charge is -2.39. The summed E-state index contributed by atoms with van der Waals surface area (Å²) in [5, 5.41) is 0.609. The molecule has 5 rings (SSSR count). The van der Waals surface area contributed by atoms with Crippen LogP contribution in [-0.2, 0) is 4.74 Å². The molecular weight excluding hydrogens is 420 g/mol. The molecule has 2 fully saturated rings. The van der Waals surface area contributed by atoms with Crippen LogP contribution in [0.5, 0.6) is 0 Å². The molecule has 3 aromatic rings. The minimum Gasteiger partial charge on any atom is -0.384 e. The topological polar surface area (TPSA) is 81.6 Å². The summed E-state index contributed by atoms with van der Waals surface area (Å²) in [6.45, 7) is 6.89. The lowest BCUT2D eigenvalue weighted by molar-refractivity contribution is 0.0975. The molecule has 0 aliphatic carbocycles. The van der Waals surface area contributed by atoms with E-state index in [0.717, 1.165) is 59.6 Å². The fraction of sp³-hybridized carbons (Fsp3) is 0.476. The summed E-state index contributed by atoms with van der Waals surface area (Å²) in [5.74, 6) is 1.39. The number of nitrogen functional groups attached to an aromatic ring is 1. The van der Waals surface area contributed by atoms with Crippen molar-refractivity contribution >= 4 is 40.8 Å². The second-order valence-corrected chi connectivity index (χ2v) is 9.86. The Balaban J connectivity index is 1.41. The maximum atomic E-state index is 6.46. The van der Waals surface area contributed by atoms with E-state index in [0.29, 0.717) is 22.4 Å². The normalized spacial score (nSPS) is 21.0. The predicted octanol–water partition coefficient (Wildman–Crippen LogP) is 4.21. The Hall–Kier alpha value is -2.03. The molecule has 0 saturated carbocycles. The van der Waals surface area contributed by atoms with Gasteiger partial charge in [-0.05, 0) is 44.6 Å². The summed E-state index contributed by atoms with van der Waals surface area (Å²) < 4.78 is 7.94. The molecule has 2 aliphatic heterocycles. The number of hydrogen-bond acceptors (Lipinski definition) is 7. The van der Waals surface area contributed by atoms with Crippen LogP contribution in [0.15, 0.2) is 34.4 Å². The third-order valence-electron chi connectivity index (χ3n) is 6.21. The minimum absolute atomic E-state index is 0.343. The van der Waals surface area contributed by atoms with Crippen molar-refractivity contribution in [3.63, 3.8) is 0 Å². The summed E-state index contributed by atoms with van der Waals surface area (Å²) in [6, 6.07) is 1.79. The number of piperidine rings is 1. The van der Waals surface area contributed by atoms with Crippen molar-refractivity contribution in [3.05, 3.63) is 35.4 Å². The van der Waals surface area contributed by atoms with E-state index < -0.39 is 0 Å². The Labute approximate surface area is 185 Å². The Kier molecular flexibility index (Phi) is 5.03. The lowest BCUT2D eigenvalue weighted by atomic mass is 9.77. The first-order valence-corrected chi connectivity index (χ1v) is 11.4. The molecule has 2 aliphatic rings. The number of halogens is 1. The van der Waals surface area contributed by atoms with E-state index in [2.05, 4.69) is 26.2 Å². The highest BCUT2D eigenvalue weighted by atomic mass is 35.5. The molecule has 158 valence electrons. The van der Waals surface area contributed by atoms with Crippen molar-refractivity contribution in [3.8, 4) is 0 Å². The fourth-order valence-electron chi connectivity index (χ4n) is 4.61. The highest BCUT2D eigenvalue weighted by Gasteiger charge is 2.41. The van der Waals surface area contributed by atoms with Gasteiger partial charge in [0.1, 0.15) is 5.82 Å². The summed E-state index contributed by atoms with van der Waals surface area (Å²) in [4.78, 5) is 17.8. The zero-order valence-electron chi connectivity index (χ0n) is 17.1. The summed E-state index contributed by atoms with van der Waals surface area (Å²) in [7, 11) is 0. The Morgan fingerprint density at radius 3 is 2.80 bits per heavy atom. The van der Waals surface area contributed by atoms with Crippen LogP contribution in [0, 0.1) is 12.3 Å². The maximum Gasteiger partial charge on any atom is 0.211 e. The van der Waals surface area contributed by atoms with Gasteiger partial charge in [-0.2, -0.15) is 0 Å². The van der Waals surface area contributed by atoms with Crippen LogP contribution in [0.25, 0.3) is 5.65 Å².